The van der Waals surface area contributed by atoms with Gasteiger partial charge in [0, 0.05) is 6.42 Å². The number of furan rings is 1. The van der Waals surface area contributed by atoms with Crippen LogP contribution in [0.4, 0.5) is 17.6 Å². The first-order chi connectivity index (χ1) is 6.89. The fourth-order valence-corrected chi connectivity index (χ4v) is 0.953. The van der Waals surface area contributed by atoms with Crippen molar-refractivity contribution in [3.05, 3.63) is 23.7 Å². The first kappa shape index (κ1) is 11.7. The lowest BCUT2D eigenvalue weighted by Crippen LogP contribution is -2.36. The maximum absolute atomic E-state index is 12.6. The van der Waals surface area contributed by atoms with E-state index < -0.39 is 23.9 Å². The van der Waals surface area contributed by atoms with Crippen LogP contribution < -0.4 is 0 Å². The highest BCUT2D eigenvalue weighted by Gasteiger charge is 2.50. The maximum atomic E-state index is 12.6. The third kappa shape index (κ3) is 2.19. The van der Waals surface area contributed by atoms with E-state index in [4.69, 9.17) is 0 Å². The zero-order valence-electron chi connectivity index (χ0n) is 7.77. The SMILES string of the molecule is CCc1ccc(C(=O)C(F)(F)C(F)F)o1. The molecule has 1 aromatic heterocycles. The summed E-state index contributed by atoms with van der Waals surface area (Å²) in [5.74, 6) is -7.12. The van der Waals surface area contributed by atoms with Gasteiger partial charge in [-0.1, -0.05) is 6.92 Å². The quantitative estimate of drug-likeness (QED) is 0.581. The van der Waals surface area contributed by atoms with E-state index in [0.717, 1.165) is 6.07 Å². The van der Waals surface area contributed by atoms with Gasteiger partial charge in [-0.3, -0.25) is 4.79 Å². The summed E-state index contributed by atoms with van der Waals surface area (Å²) in [6.45, 7) is 1.68. The largest absolute Gasteiger partial charge is 0.458 e. The van der Waals surface area contributed by atoms with E-state index >= 15 is 0 Å². The van der Waals surface area contributed by atoms with Gasteiger partial charge in [-0.25, -0.2) is 8.78 Å². The summed E-state index contributed by atoms with van der Waals surface area (Å²) in [7, 11) is 0. The van der Waals surface area contributed by atoms with Crippen molar-refractivity contribution in [2.75, 3.05) is 0 Å². The molecule has 0 fully saturated rings. The number of alkyl halides is 4. The van der Waals surface area contributed by atoms with Crippen LogP contribution in [0.2, 0.25) is 0 Å². The number of carbonyl (C=O) groups excluding carboxylic acids is 1. The van der Waals surface area contributed by atoms with Gasteiger partial charge < -0.3 is 4.42 Å². The standard InChI is InChI=1S/C9H8F4O2/c1-2-5-3-4-6(15-5)7(14)9(12,13)8(10)11/h3-4,8H,2H2,1H3. The second-order valence-corrected chi connectivity index (χ2v) is 2.87. The molecule has 0 aliphatic rings. The van der Waals surface area contributed by atoms with E-state index in [1.807, 2.05) is 0 Å². The molecule has 84 valence electrons. The molecule has 0 amide bonds. The fourth-order valence-electron chi connectivity index (χ4n) is 0.953. The van der Waals surface area contributed by atoms with Gasteiger partial charge in [0.2, 0.25) is 0 Å². The molecule has 1 rings (SSSR count). The van der Waals surface area contributed by atoms with Crippen LogP contribution in [-0.2, 0) is 6.42 Å². The Labute approximate surface area is 82.9 Å². The maximum Gasteiger partial charge on any atom is 0.372 e. The van der Waals surface area contributed by atoms with Gasteiger partial charge in [0.25, 0.3) is 5.78 Å². The van der Waals surface area contributed by atoms with E-state index in [-0.39, 0.29) is 0 Å². The molecular weight excluding hydrogens is 216 g/mol. The predicted molar refractivity (Wildman–Crippen MR) is 43.4 cm³/mol. The van der Waals surface area contributed by atoms with Crippen molar-refractivity contribution in [1.29, 1.82) is 0 Å². The Bertz CT molecular complexity index is 357. The minimum atomic E-state index is -4.69. The highest BCUT2D eigenvalue weighted by molar-refractivity contribution is 5.99. The van der Waals surface area contributed by atoms with Crippen LogP contribution in [0.1, 0.15) is 23.2 Å². The molecule has 15 heavy (non-hydrogen) atoms. The molecule has 0 aromatic carbocycles. The second-order valence-electron chi connectivity index (χ2n) is 2.87. The van der Waals surface area contributed by atoms with Crippen molar-refractivity contribution in [2.45, 2.75) is 25.7 Å². The number of rotatable bonds is 4. The number of aryl methyl sites for hydroxylation is 1. The molecule has 0 saturated carbocycles. The lowest BCUT2D eigenvalue weighted by molar-refractivity contribution is -0.0969. The third-order valence-electron chi connectivity index (χ3n) is 1.81. The molecule has 1 aromatic rings. The van der Waals surface area contributed by atoms with Crippen LogP contribution in [0.15, 0.2) is 16.5 Å². The smallest absolute Gasteiger partial charge is 0.372 e. The molecule has 0 aliphatic carbocycles. The summed E-state index contributed by atoms with van der Waals surface area (Å²) in [5.41, 5.74) is 0. The molecule has 1 heterocycles. The fraction of sp³-hybridized carbons (Fsp3) is 0.444. The third-order valence-corrected chi connectivity index (χ3v) is 1.81. The highest BCUT2D eigenvalue weighted by Crippen LogP contribution is 2.28. The Balaban J connectivity index is 2.94. The summed E-state index contributed by atoms with van der Waals surface area (Å²) in [5, 5.41) is 0. The highest BCUT2D eigenvalue weighted by atomic mass is 19.3. The lowest BCUT2D eigenvalue weighted by Gasteiger charge is -2.11. The summed E-state index contributed by atoms with van der Waals surface area (Å²) >= 11 is 0. The van der Waals surface area contributed by atoms with Gasteiger partial charge in [-0.05, 0) is 12.1 Å². The topological polar surface area (TPSA) is 30.2 Å². The molecule has 0 radical (unpaired) electrons. The molecule has 0 atom stereocenters. The van der Waals surface area contributed by atoms with E-state index in [1.54, 1.807) is 6.92 Å². The molecule has 0 spiro atoms. The van der Waals surface area contributed by atoms with Crippen LogP contribution >= 0.6 is 0 Å². The summed E-state index contributed by atoms with van der Waals surface area (Å²) in [6.07, 6.45) is -3.63. The van der Waals surface area contributed by atoms with Crippen molar-refractivity contribution in [3.8, 4) is 0 Å². The number of hydrogen-bond acceptors (Lipinski definition) is 2. The zero-order valence-corrected chi connectivity index (χ0v) is 7.77. The van der Waals surface area contributed by atoms with Crippen LogP contribution in [-0.4, -0.2) is 18.1 Å². The van der Waals surface area contributed by atoms with E-state index in [2.05, 4.69) is 4.42 Å². The Kier molecular flexibility index (Phi) is 3.16. The Morgan fingerprint density at radius 3 is 2.47 bits per heavy atom. The molecule has 0 N–H and O–H groups in total. The monoisotopic (exact) mass is 224 g/mol. The van der Waals surface area contributed by atoms with Crippen molar-refractivity contribution < 1.29 is 26.8 Å². The lowest BCUT2D eigenvalue weighted by atomic mass is 10.2. The minimum absolute atomic E-state index is 0.295. The molecule has 6 heteroatoms. The average molecular weight is 224 g/mol. The van der Waals surface area contributed by atoms with Gasteiger partial charge in [0.15, 0.2) is 5.76 Å². The normalized spacial score (nSPS) is 12.1. The number of ketones is 1. The van der Waals surface area contributed by atoms with Crippen molar-refractivity contribution >= 4 is 5.78 Å². The van der Waals surface area contributed by atoms with E-state index in [1.165, 1.54) is 6.07 Å². The summed E-state index contributed by atoms with van der Waals surface area (Å²) in [6, 6.07) is 2.27. The minimum Gasteiger partial charge on any atom is -0.458 e. The van der Waals surface area contributed by atoms with Gasteiger partial charge >= 0.3 is 12.3 Å². The second kappa shape index (κ2) is 4.04. The Morgan fingerprint density at radius 1 is 1.47 bits per heavy atom. The van der Waals surface area contributed by atoms with E-state index in [9.17, 15) is 22.4 Å². The Hall–Kier alpha value is -1.33. The van der Waals surface area contributed by atoms with Gasteiger partial charge in [0.1, 0.15) is 5.76 Å². The predicted octanol–water partition coefficient (Wildman–Crippen LogP) is 2.93. The summed E-state index contributed by atoms with van der Waals surface area (Å²) < 4.78 is 53.5. The van der Waals surface area contributed by atoms with Crippen molar-refractivity contribution in [2.24, 2.45) is 0 Å². The summed E-state index contributed by atoms with van der Waals surface area (Å²) in [4.78, 5) is 10.9. The number of Topliss-reactive ketones (excluding diaryl/α,β-unsaturated/α-hetero) is 1. The average Bonchev–Trinajstić information content (AvgIpc) is 2.64. The molecule has 0 bridgehead atoms. The van der Waals surface area contributed by atoms with Gasteiger partial charge in [0.05, 0.1) is 0 Å². The van der Waals surface area contributed by atoms with Crippen LogP contribution in [0.5, 0.6) is 0 Å². The van der Waals surface area contributed by atoms with Crippen LogP contribution in [0.3, 0.4) is 0 Å². The number of hydrogen-bond donors (Lipinski definition) is 0. The van der Waals surface area contributed by atoms with Gasteiger partial charge in [-0.15, -0.1) is 0 Å². The van der Waals surface area contributed by atoms with Crippen LogP contribution in [0, 0.1) is 0 Å². The van der Waals surface area contributed by atoms with Gasteiger partial charge in [-0.2, -0.15) is 8.78 Å². The molecule has 0 aliphatic heterocycles. The van der Waals surface area contributed by atoms with Crippen molar-refractivity contribution in [3.63, 3.8) is 0 Å². The van der Waals surface area contributed by atoms with E-state index in [0.29, 0.717) is 12.2 Å². The van der Waals surface area contributed by atoms with Crippen LogP contribution in [0.25, 0.3) is 0 Å². The molecule has 0 unspecified atom stereocenters. The number of halogens is 4. The first-order valence-corrected chi connectivity index (χ1v) is 4.19. The first-order valence-electron chi connectivity index (χ1n) is 4.19. The molecule has 0 saturated heterocycles. The Morgan fingerprint density at radius 2 is 2.07 bits per heavy atom. The number of carbonyl (C=O) groups is 1. The van der Waals surface area contributed by atoms with Crippen molar-refractivity contribution in [1.82, 2.24) is 0 Å². The molecule has 2 nitrogen and oxygen atoms in total. The zero-order chi connectivity index (χ0) is 11.6. The molecular formula is C9H8F4O2.